The molecule has 2 aromatic carbocycles. The van der Waals surface area contributed by atoms with Gasteiger partial charge in [-0.3, -0.25) is 4.79 Å². The number of aromatic nitrogens is 1. The van der Waals surface area contributed by atoms with E-state index >= 15 is 0 Å². The third-order valence-corrected chi connectivity index (χ3v) is 4.34. The number of nitrogens with one attached hydrogen (secondary N) is 1. The normalized spacial score (nSPS) is 10.3. The molecule has 178 valence electrons. The molecule has 0 saturated heterocycles. The molecule has 0 spiro atoms. The Hall–Kier alpha value is -3.46. The second-order valence-electron chi connectivity index (χ2n) is 6.44. The summed E-state index contributed by atoms with van der Waals surface area (Å²) in [4.78, 5) is 16.9. The second-order valence-corrected chi connectivity index (χ2v) is 6.44. The highest BCUT2D eigenvalue weighted by Gasteiger charge is 2.21. The first-order chi connectivity index (χ1) is 16.0. The first-order valence-electron chi connectivity index (χ1n) is 10.8. The summed E-state index contributed by atoms with van der Waals surface area (Å²) >= 11 is 0. The molecule has 0 aliphatic carbocycles. The first kappa shape index (κ1) is 25.8. The van der Waals surface area contributed by atoms with Gasteiger partial charge >= 0.3 is 0 Å². The topological polar surface area (TPSA) is 99.6 Å². The summed E-state index contributed by atoms with van der Waals surface area (Å²) in [6, 6.07) is 8.30. The number of hydrogen-bond acceptors (Lipinski definition) is 6. The summed E-state index contributed by atoms with van der Waals surface area (Å²) in [5.41, 5.74) is 6.42. The summed E-state index contributed by atoms with van der Waals surface area (Å²) in [5.74, 6) is -0.569. The van der Waals surface area contributed by atoms with Gasteiger partial charge in [-0.15, -0.1) is 0 Å². The van der Waals surface area contributed by atoms with Crippen molar-refractivity contribution in [3.8, 4) is 23.0 Å². The predicted octanol–water partition coefficient (Wildman–Crippen LogP) is 4.83. The molecule has 33 heavy (non-hydrogen) atoms. The van der Waals surface area contributed by atoms with Gasteiger partial charge in [0.15, 0.2) is 23.0 Å². The van der Waals surface area contributed by atoms with E-state index in [4.69, 9.17) is 19.6 Å². The Bertz CT molecular complexity index is 1070. The number of benzene rings is 2. The van der Waals surface area contributed by atoms with E-state index in [0.29, 0.717) is 30.3 Å². The van der Waals surface area contributed by atoms with Gasteiger partial charge in [0.05, 0.1) is 19.8 Å². The fourth-order valence-corrected chi connectivity index (χ4v) is 2.90. The van der Waals surface area contributed by atoms with E-state index in [1.165, 1.54) is 6.07 Å². The fourth-order valence-electron chi connectivity index (χ4n) is 2.90. The van der Waals surface area contributed by atoms with E-state index in [2.05, 4.69) is 10.3 Å². The number of nitrogens with zero attached hydrogens (tertiary/aromatic N) is 1. The Balaban J connectivity index is 0.00000187. The molecule has 0 bridgehead atoms. The van der Waals surface area contributed by atoms with Crippen molar-refractivity contribution in [2.75, 3.05) is 13.2 Å². The van der Waals surface area contributed by atoms with Gasteiger partial charge in [0.25, 0.3) is 5.91 Å². The van der Waals surface area contributed by atoms with Gasteiger partial charge in [-0.2, -0.15) is 0 Å². The molecule has 0 fully saturated rings. The van der Waals surface area contributed by atoms with E-state index in [9.17, 15) is 13.6 Å². The first-order valence-corrected chi connectivity index (χ1v) is 10.8. The lowest BCUT2D eigenvalue weighted by Gasteiger charge is -2.11. The van der Waals surface area contributed by atoms with Crippen LogP contribution in [0.15, 0.2) is 40.8 Å². The van der Waals surface area contributed by atoms with Gasteiger partial charge in [-0.05, 0) is 38.1 Å². The Morgan fingerprint density at radius 3 is 2.39 bits per heavy atom. The quantitative estimate of drug-likeness (QED) is 0.473. The number of nitrogens with two attached hydrogens (primary N) is 1. The maximum atomic E-state index is 13.8. The summed E-state index contributed by atoms with van der Waals surface area (Å²) in [5, 5.41) is 2.55. The lowest BCUT2D eigenvalue weighted by Crippen LogP contribution is -2.25. The largest absolute Gasteiger partial charge is 0.490 e. The molecule has 0 saturated carbocycles. The Morgan fingerprint density at radius 2 is 1.76 bits per heavy atom. The third-order valence-electron chi connectivity index (χ3n) is 4.34. The molecule has 3 aromatic rings. The van der Waals surface area contributed by atoms with Crippen molar-refractivity contribution < 1.29 is 27.5 Å². The molecule has 0 unspecified atom stereocenters. The number of halogens is 2. The van der Waals surface area contributed by atoms with E-state index < -0.39 is 17.5 Å². The maximum absolute atomic E-state index is 13.8. The zero-order chi connectivity index (χ0) is 24.4. The van der Waals surface area contributed by atoms with Gasteiger partial charge in [-0.1, -0.05) is 19.9 Å². The number of amides is 1. The zero-order valence-corrected chi connectivity index (χ0v) is 19.2. The molecule has 0 atom stereocenters. The Morgan fingerprint density at radius 1 is 1.06 bits per heavy atom. The third kappa shape index (κ3) is 6.52. The number of hydrogen-bond donors (Lipinski definition) is 2. The fraction of sp³-hybridized carbons (Fsp3) is 0.333. The van der Waals surface area contributed by atoms with Crippen LogP contribution in [0, 0.1) is 11.6 Å². The van der Waals surface area contributed by atoms with Gasteiger partial charge in [0.1, 0.15) is 11.6 Å². The van der Waals surface area contributed by atoms with Crippen LogP contribution >= 0.6 is 0 Å². The molecule has 3 N–H and O–H groups in total. The maximum Gasteiger partial charge on any atom is 0.273 e. The molecule has 0 radical (unpaired) electrons. The molecule has 0 aliphatic heterocycles. The summed E-state index contributed by atoms with van der Waals surface area (Å²) in [6.45, 7) is 8.44. The summed E-state index contributed by atoms with van der Waals surface area (Å²) < 4.78 is 43.7. The Kier molecular flexibility index (Phi) is 9.81. The van der Waals surface area contributed by atoms with Crippen LogP contribution < -0.4 is 20.5 Å². The predicted molar refractivity (Wildman–Crippen MR) is 121 cm³/mol. The minimum atomic E-state index is -0.752. The van der Waals surface area contributed by atoms with Crippen molar-refractivity contribution in [3.63, 3.8) is 0 Å². The monoisotopic (exact) mass is 461 g/mol. The molecular formula is C24H29F2N3O4. The highest BCUT2D eigenvalue weighted by molar-refractivity contribution is 5.93. The van der Waals surface area contributed by atoms with Crippen molar-refractivity contribution in [1.29, 1.82) is 0 Å². The van der Waals surface area contributed by atoms with Gasteiger partial charge in [0.2, 0.25) is 5.89 Å². The van der Waals surface area contributed by atoms with Crippen molar-refractivity contribution >= 4 is 5.91 Å². The molecule has 1 amide bonds. The van der Waals surface area contributed by atoms with Crippen LogP contribution in [0.5, 0.6) is 11.5 Å². The standard InChI is InChI=1S/C22H23F2N3O4.C2H6/c1-3-29-17-8-6-13(9-18(17)30-4-2)22-27-20(19(11-25)31-22)21(28)26-12-14-5-7-15(23)10-16(14)24;1-2/h5-10H,3-4,11-12,25H2,1-2H3,(H,26,28);1-2H3. The molecular weight excluding hydrogens is 432 g/mol. The van der Waals surface area contributed by atoms with Crippen molar-refractivity contribution in [3.05, 3.63) is 65.1 Å². The number of rotatable bonds is 9. The van der Waals surface area contributed by atoms with Crippen LogP contribution in [0.3, 0.4) is 0 Å². The van der Waals surface area contributed by atoms with Gasteiger partial charge < -0.3 is 24.9 Å². The van der Waals surface area contributed by atoms with Crippen molar-refractivity contribution in [2.24, 2.45) is 5.73 Å². The molecule has 1 aromatic heterocycles. The van der Waals surface area contributed by atoms with Crippen LogP contribution in [-0.2, 0) is 13.1 Å². The minimum Gasteiger partial charge on any atom is -0.490 e. The van der Waals surface area contributed by atoms with Crippen molar-refractivity contribution in [1.82, 2.24) is 10.3 Å². The van der Waals surface area contributed by atoms with Crippen LogP contribution in [0.2, 0.25) is 0 Å². The summed E-state index contributed by atoms with van der Waals surface area (Å²) in [6.07, 6.45) is 0. The minimum absolute atomic E-state index is 0.00753. The number of carbonyl (C=O) groups excluding carboxylic acids is 1. The van der Waals surface area contributed by atoms with E-state index in [-0.39, 0.29) is 36.0 Å². The number of carbonyl (C=O) groups is 1. The molecule has 0 aliphatic rings. The number of oxazole rings is 1. The molecule has 3 rings (SSSR count). The average molecular weight is 462 g/mol. The van der Waals surface area contributed by atoms with Gasteiger partial charge in [-0.25, -0.2) is 13.8 Å². The summed E-state index contributed by atoms with van der Waals surface area (Å²) in [7, 11) is 0. The lowest BCUT2D eigenvalue weighted by molar-refractivity contribution is 0.0944. The number of ether oxygens (including phenoxy) is 2. The van der Waals surface area contributed by atoms with E-state index in [1.54, 1.807) is 18.2 Å². The molecule has 9 heteroatoms. The van der Waals surface area contributed by atoms with Crippen LogP contribution in [0.1, 0.15) is 49.5 Å². The Labute approximate surface area is 191 Å². The smallest absolute Gasteiger partial charge is 0.273 e. The average Bonchev–Trinajstić information content (AvgIpc) is 3.26. The van der Waals surface area contributed by atoms with E-state index in [0.717, 1.165) is 12.1 Å². The van der Waals surface area contributed by atoms with Crippen LogP contribution in [0.4, 0.5) is 8.78 Å². The zero-order valence-electron chi connectivity index (χ0n) is 19.2. The lowest BCUT2D eigenvalue weighted by atomic mass is 10.2. The van der Waals surface area contributed by atoms with Gasteiger partial charge in [0, 0.05) is 23.7 Å². The molecule has 7 nitrogen and oxygen atoms in total. The van der Waals surface area contributed by atoms with Crippen molar-refractivity contribution in [2.45, 2.75) is 40.8 Å². The second kappa shape index (κ2) is 12.5. The van der Waals surface area contributed by atoms with Crippen LogP contribution in [-0.4, -0.2) is 24.1 Å². The van der Waals surface area contributed by atoms with Crippen LogP contribution in [0.25, 0.3) is 11.5 Å². The SMILES string of the molecule is CC.CCOc1ccc(-c2nc(C(=O)NCc3ccc(F)cc3F)c(CN)o2)cc1OCC. The van der Waals surface area contributed by atoms with E-state index in [1.807, 2.05) is 27.7 Å². The highest BCUT2D eigenvalue weighted by Crippen LogP contribution is 2.33. The molecule has 1 heterocycles. The highest BCUT2D eigenvalue weighted by atomic mass is 19.1.